The number of carbonyl (C=O) groups excluding carboxylic acids is 2. The highest BCUT2D eigenvalue weighted by Gasteiger charge is 2.18. The third-order valence-electron chi connectivity index (χ3n) is 3.61. The molecule has 0 fully saturated rings. The Kier molecular flexibility index (Phi) is 7.16. The maximum Gasteiger partial charge on any atom is 0.344 e. The van der Waals surface area contributed by atoms with Crippen LogP contribution in [0.3, 0.4) is 0 Å². The summed E-state index contributed by atoms with van der Waals surface area (Å²) in [6.45, 7) is 5.14. The van der Waals surface area contributed by atoms with Crippen molar-refractivity contribution in [1.29, 1.82) is 0 Å². The van der Waals surface area contributed by atoms with Crippen LogP contribution in [0.5, 0.6) is 11.5 Å². The predicted octanol–water partition coefficient (Wildman–Crippen LogP) is 3.48. The van der Waals surface area contributed by atoms with Crippen molar-refractivity contribution in [2.24, 2.45) is 0 Å². The Morgan fingerprint density at radius 2 is 1.70 bits per heavy atom. The molecule has 6 nitrogen and oxygen atoms in total. The second-order valence-electron chi connectivity index (χ2n) is 5.78. The first-order valence-electron chi connectivity index (χ1n) is 8.51. The molecule has 7 heteroatoms. The van der Waals surface area contributed by atoms with E-state index in [-0.39, 0.29) is 12.3 Å². The molecule has 0 bridgehead atoms. The zero-order valence-corrected chi connectivity index (χ0v) is 15.5. The number of aryl methyl sites for hydroxylation is 1. The van der Waals surface area contributed by atoms with Crippen molar-refractivity contribution in [3.63, 3.8) is 0 Å². The number of hydrogen-bond donors (Lipinski definition) is 1. The van der Waals surface area contributed by atoms with Crippen molar-refractivity contribution >= 4 is 17.6 Å². The molecule has 0 aliphatic heterocycles. The van der Waals surface area contributed by atoms with Crippen LogP contribution in [0.4, 0.5) is 10.1 Å². The first-order valence-corrected chi connectivity index (χ1v) is 8.51. The van der Waals surface area contributed by atoms with E-state index in [0.717, 1.165) is 0 Å². The Morgan fingerprint density at radius 1 is 1.07 bits per heavy atom. The summed E-state index contributed by atoms with van der Waals surface area (Å²) >= 11 is 0. The van der Waals surface area contributed by atoms with Crippen LogP contribution >= 0.6 is 0 Å². The summed E-state index contributed by atoms with van der Waals surface area (Å²) in [5.74, 6) is -0.511. The molecule has 0 aromatic heterocycles. The molecule has 2 aromatic carbocycles. The number of benzene rings is 2. The van der Waals surface area contributed by atoms with Gasteiger partial charge < -0.3 is 19.5 Å². The van der Waals surface area contributed by atoms with Gasteiger partial charge in [0, 0.05) is 5.69 Å². The minimum atomic E-state index is -1.05. The van der Waals surface area contributed by atoms with Gasteiger partial charge in [0.2, 0.25) is 0 Å². The van der Waals surface area contributed by atoms with Crippen LogP contribution in [0.25, 0.3) is 0 Å². The monoisotopic (exact) mass is 375 g/mol. The number of hydrogen-bond acceptors (Lipinski definition) is 5. The maximum absolute atomic E-state index is 13.5. The minimum Gasteiger partial charge on any atom is -0.494 e. The van der Waals surface area contributed by atoms with E-state index >= 15 is 0 Å². The van der Waals surface area contributed by atoms with Gasteiger partial charge in [-0.15, -0.1) is 0 Å². The Labute approximate surface area is 157 Å². The molecule has 0 radical (unpaired) electrons. The van der Waals surface area contributed by atoms with Crippen LogP contribution < -0.4 is 14.8 Å². The summed E-state index contributed by atoms with van der Waals surface area (Å²) < 4.78 is 29.2. The SMILES string of the molecule is CCOc1ccc(OCC(=O)OC(C)C(=O)Nc2ccc(C)c(F)c2)cc1. The van der Waals surface area contributed by atoms with Crippen molar-refractivity contribution in [1.82, 2.24) is 0 Å². The summed E-state index contributed by atoms with van der Waals surface area (Å²) in [6, 6.07) is 11.1. The first-order chi connectivity index (χ1) is 12.9. The Balaban J connectivity index is 1.79. The molecule has 0 aliphatic rings. The zero-order valence-electron chi connectivity index (χ0n) is 15.5. The van der Waals surface area contributed by atoms with Crippen molar-refractivity contribution in [2.45, 2.75) is 26.9 Å². The van der Waals surface area contributed by atoms with Crippen molar-refractivity contribution in [3.8, 4) is 11.5 Å². The smallest absolute Gasteiger partial charge is 0.344 e. The highest BCUT2D eigenvalue weighted by molar-refractivity contribution is 5.95. The van der Waals surface area contributed by atoms with Gasteiger partial charge in [-0.25, -0.2) is 9.18 Å². The van der Waals surface area contributed by atoms with Gasteiger partial charge in [-0.05, 0) is 62.7 Å². The van der Waals surface area contributed by atoms with E-state index in [9.17, 15) is 14.0 Å². The number of carbonyl (C=O) groups is 2. The van der Waals surface area contributed by atoms with Gasteiger partial charge in [0.05, 0.1) is 6.61 Å². The average molecular weight is 375 g/mol. The summed E-state index contributed by atoms with van der Waals surface area (Å²) in [4.78, 5) is 23.9. The largest absolute Gasteiger partial charge is 0.494 e. The van der Waals surface area contributed by atoms with Crippen LogP contribution in [0, 0.1) is 12.7 Å². The van der Waals surface area contributed by atoms with E-state index < -0.39 is 23.8 Å². The molecular formula is C20H22FNO5. The van der Waals surface area contributed by atoms with E-state index in [1.54, 1.807) is 43.3 Å². The summed E-state index contributed by atoms with van der Waals surface area (Å²) in [5, 5.41) is 2.50. The molecule has 0 saturated heterocycles. The summed E-state index contributed by atoms with van der Waals surface area (Å²) in [6.07, 6.45) is -1.05. The standard InChI is InChI=1S/C20H22FNO5/c1-4-25-16-7-9-17(10-8-16)26-12-19(23)27-14(3)20(24)22-15-6-5-13(2)18(21)11-15/h5-11,14H,4,12H2,1-3H3,(H,22,24). The third kappa shape index (κ3) is 6.29. The van der Waals surface area contributed by atoms with E-state index in [0.29, 0.717) is 23.7 Å². The maximum atomic E-state index is 13.5. The van der Waals surface area contributed by atoms with Gasteiger partial charge in [0.25, 0.3) is 5.91 Å². The average Bonchev–Trinajstić information content (AvgIpc) is 2.64. The highest BCUT2D eigenvalue weighted by atomic mass is 19.1. The second-order valence-corrected chi connectivity index (χ2v) is 5.78. The molecule has 1 unspecified atom stereocenters. The van der Waals surface area contributed by atoms with Crippen molar-refractivity contribution < 1.29 is 28.2 Å². The van der Waals surface area contributed by atoms with Crippen LogP contribution in [-0.4, -0.2) is 31.2 Å². The molecule has 0 spiro atoms. The molecule has 1 amide bonds. The lowest BCUT2D eigenvalue weighted by molar-refractivity contribution is -0.155. The van der Waals surface area contributed by atoms with Crippen LogP contribution in [0.15, 0.2) is 42.5 Å². The van der Waals surface area contributed by atoms with Crippen LogP contribution in [-0.2, 0) is 14.3 Å². The molecular weight excluding hydrogens is 353 g/mol. The van der Waals surface area contributed by atoms with Gasteiger partial charge in [-0.2, -0.15) is 0 Å². The van der Waals surface area contributed by atoms with E-state index in [2.05, 4.69) is 5.32 Å². The third-order valence-corrected chi connectivity index (χ3v) is 3.61. The fourth-order valence-corrected chi connectivity index (χ4v) is 2.14. The lowest BCUT2D eigenvalue weighted by Crippen LogP contribution is -2.31. The number of rotatable bonds is 8. The van der Waals surface area contributed by atoms with Gasteiger partial charge >= 0.3 is 5.97 Å². The highest BCUT2D eigenvalue weighted by Crippen LogP contribution is 2.17. The zero-order chi connectivity index (χ0) is 19.8. The van der Waals surface area contributed by atoms with Crippen molar-refractivity contribution in [3.05, 3.63) is 53.8 Å². The van der Waals surface area contributed by atoms with Crippen LogP contribution in [0.1, 0.15) is 19.4 Å². The van der Waals surface area contributed by atoms with Crippen molar-refractivity contribution in [2.75, 3.05) is 18.5 Å². The lowest BCUT2D eigenvalue weighted by Gasteiger charge is -2.14. The van der Waals surface area contributed by atoms with Gasteiger partial charge in [-0.1, -0.05) is 6.07 Å². The molecule has 144 valence electrons. The van der Waals surface area contributed by atoms with Gasteiger partial charge in [0.15, 0.2) is 12.7 Å². The first kappa shape index (κ1) is 20.2. The molecule has 1 atom stereocenters. The topological polar surface area (TPSA) is 73.9 Å². The fourth-order valence-electron chi connectivity index (χ4n) is 2.14. The van der Waals surface area contributed by atoms with E-state index in [1.807, 2.05) is 6.92 Å². The number of anilines is 1. The Morgan fingerprint density at radius 3 is 2.30 bits per heavy atom. The minimum absolute atomic E-state index is 0.289. The molecule has 2 aromatic rings. The fraction of sp³-hybridized carbons (Fsp3) is 0.300. The number of ether oxygens (including phenoxy) is 3. The molecule has 0 saturated carbocycles. The molecule has 27 heavy (non-hydrogen) atoms. The Bertz CT molecular complexity index is 791. The Hall–Kier alpha value is -3.09. The molecule has 0 aliphatic carbocycles. The number of esters is 1. The molecule has 1 N–H and O–H groups in total. The second kappa shape index (κ2) is 9.56. The predicted molar refractivity (Wildman–Crippen MR) is 98.4 cm³/mol. The van der Waals surface area contributed by atoms with E-state index in [1.165, 1.54) is 13.0 Å². The van der Waals surface area contributed by atoms with Gasteiger partial charge in [-0.3, -0.25) is 4.79 Å². The lowest BCUT2D eigenvalue weighted by atomic mass is 10.2. The van der Waals surface area contributed by atoms with Crippen LogP contribution in [0.2, 0.25) is 0 Å². The van der Waals surface area contributed by atoms with Gasteiger partial charge in [0.1, 0.15) is 17.3 Å². The van der Waals surface area contributed by atoms with E-state index in [4.69, 9.17) is 14.2 Å². The molecule has 0 heterocycles. The number of amides is 1. The number of halogens is 1. The summed E-state index contributed by atoms with van der Waals surface area (Å²) in [7, 11) is 0. The molecule has 2 rings (SSSR count). The number of nitrogens with one attached hydrogen (secondary N) is 1. The summed E-state index contributed by atoms with van der Waals surface area (Å²) in [5.41, 5.74) is 0.760. The quantitative estimate of drug-likeness (QED) is 0.715. The normalized spacial score (nSPS) is 11.4.